The van der Waals surface area contributed by atoms with Crippen LogP contribution in [-0.4, -0.2) is 34.8 Å². The average molecular weight is 500 g/mol. The molecule has 0 fully saturated rings. The van der Waals surface area contributed by atoms with Gasteiger partial charge < -0.3 is 15.1 Å². The highest BCUT2D eigenvalue weighted by Crippen LogP contribution is 2.24. The monoisotopic (exact) mass is 499 g/mol. The van der Waals surface area contributed by atoms with Crippen LogP contribution >= 0.6 is 11.3 Å². The number of amides is 3. The molecule has 0 aliphatic carbocycles. The van der Waals surface area contributed by atoms with Crippen LogP contribution in [0.3, 0.4) is 0 Å². The second-order valence-corrected chi connectivity index (χ2v) is 10.4. The molecule has 1 aromatic heterocycles. The number of urea groups is 1. The van der Waals surface area contributed by atoms with Crippen LogP contribution < -0.4 is 5.32 Å². The Morgan fingerprint density at radius 3 is 2.33 bits per heavy atom. The van der Waals surface area contributed by atoms with Crippen molar-refractivity contribution in [2.45, 2.75) is 39.8 Å². The highest BCUT2D eigenvalue weighted by atomic mass is 32.1. The molecule has 6 heteroatoms. The molecule has 1 N–H and O–H groups in total. The van der Waals surface area contributed by atoms with Crippen molar-refractivity contribution in [2.24, 2.45) is 0 Å². The van der Waals surface area contributed by atoms with Crippen LogP contribution in [0, 0.1) is 6.92 Å². The molecule has 3 amide bonds. The van der Waals surface area contributed by atoms with Crippen LogP contribution in [0.4, 0.5) is 10.5 Å². The number of carbonyl (C=O) groups is 2. The maximum Gasteiger partial charge on any atom is 0.322 e. The molecule has 3 aromatic carbocycles. The van der Waals surface area contributed by atoms with Crippen molar-refractivity contribution in [1.29, 1.82) is 0 Å². The number of nitrogens with one attached hydrogen (secondary N) is 1. The minimum absolute atomic E-state index is 0.0355. The lowest BCUT2D eigenvalue weighted by Gasteiger charge is -2.28. The smallest absolute Gasteiger partial charge is 0.322 e. The number of unbranched alkanes of at least 4 members (excludes halogenated alkanes) is 1. The largest absolute Gasteiger partial charge is 0.332 e. The Morgan fingerprint density at radius 2 is 1.58 bits per heavy atom. The van der Waals surface area contributed by atoms with Crippen LogP contribution in [0.15, 0.2) is 84.9 Å². The van der Waals surface area contributed by atoms with E-state index in [1.54, 1.807) is 16.2 Å². The first-order valence-electron chi connectivity index (χ1n) is 12.4. The van der Waals surface area contributed by atoms with Crippen molar-refractivity contribution in [3.63, 3.8) is 0 Å². The van der Waals surface area contributed by atoms with E-state index >= 15 is 0 Å². The fourth-order valence-electron chi connectivity index (χ4n) is 4.19. The van der Waals surface area contributed by atoms with E-state index in [9.17, 15) is 9.59 Å². The van der Waals surface area contributed by atoms with E-state index in [2.05, 4.69) is 31.3 Å². The zero-order valence-electron chi connectivity index (χ0n) is 20.9. The second kappa shape index (κ2) is 12.4. The van der Waals surface area contributed by atoms with Crippen molar-refractivity contribution in [3.05, 3.63) is 100 Å². The van der Waals surface area contributed by atoms with Gasteiger partial charge in [-0.2, -0.15) is 0 Å². The molecule has 0 saturated carbocycles. The van der Waals surface area contributed by atoms with E-state index in [0.717, 1.165) is 39.7 Å². The standard InChI is InChI=1S/C30H33N3O2S/c1-3-4-19-32(30(35)31-28-16-10-14-25-13-8-9-15-27(25)28)22-29(34)33(20-24-11-6-5-7-12-24)21-26-18-17-23(2)36-26/h5-18H,3-4,19-22H2,1-2H3,(H,31,35). The van der Waals surface area contributed by atoms with E-state index in [0.29, 0.717) is 19.6 Å². The topological polar surface area (TPSA) is 52.7 Å². The Balaban J connectivity index is 1.52. The molecule has 1 heterocycles. The lowest BCUT2D eigenvalue weighted by atomic mass is 10.1. The van der Waals surface area contributed by atoms with E-state index in [-0.39, 0.29) is 18.5 Å². The molecule has 5 nitrogen and oxygen atoms in total. The van der Waals surface area contributed by atoms with Gasteiger partial charge in [0.1, 0.15) is 6.54 Å². The molecular formula is C30H33N3O2S. The number of hydrogen-bond acceptors (Lipinski definition) is 3. The third-order valence-corrected chi connectivity index (χ3v) is 7.12. The zero-order chi connectivity index (χ0) is 25.3. The third-order valence-electron chi connectivity index (χ3n) is 6.14. The van der Waals surface area contributed by atoms with Gasteiger partial charge in [0.05, 0.1) is 12.2 Å². The molecule has 36 heavy (non-hydrogen) atoms. The van der Waals surface area contributed by atoms with E-state index in [4.69, 9.17) is 0 Å². The number of aryl methyl sites for hydroxylation is 1. The fourth-order valence-corrected chi connectivity index (χ4v) is 5.09. The molecule has 0 bridgehead atoms. The maximum atomic E-state index is 13.6. The summed E-state index contributed by atoms with van der Waals surface area (Å²) in [6, 6.07) is 27.7. The third kappa shape index (κ3) is 6.73. The lowest BCUT2D eigenvalue weighted by Crippen LogP contribution is -2.44. The molecule has 0 unspecified atom stereocenters. The molecule has 0 radical (unpaired) electrons. The summed E-state index contributed by atoms with van der Waals surface area (Å²) >= 11 is 1.70. The highest BCUT2D eigenvalue weighted by Gasteiger charge is 2.22. The zero-order valence-corrected chi connectivity index (χ0v) is 21.8. The number of fused-ring (bicyclic) bond motifs is 1. The van der Waals surface area contributed by atoms with E-state index in [1.165, 1.54) is 4.88 Å². The van der Waals surface area contributed by atoms with Crippen molar-refractivity contribution in [2.75, 3.05) is 18.4 Å². The number of carbonyl (C=O) groups excluding carboxylic acids is 2. The molecule has 0 spiro atoms. The van der Waals surface area contributed by atoms with Gasteiger partial charge in [0.15, 0.2) is 0 Å². The molecule has 0 aliphatic rings. The average Bonchev–Trinajstić information content (AvgIpc) is 3.31. The summed E-state index contributed by atoms with van der Waals surface area (Å²) in [6.45, 7) is 5.75. The predicted octanol–water partition coefficient (Wildman–Crippen LogP) is 7.07. The Bertz CT molecular complexity index is 1300. The lowest BCUT2D eigenvalue weighted by molar-refractivity contribution is -0.133. The van der Waals surface area contributed by atoms with Gasteiger partial charge in [0.25, 0.3) is 0 Å². The SMILES string of the molecule is CCCCN(CC(=O)N(Cc1ccccc1)Cc1ccc(C)s1)C(=O)Nc1cccc2ccccc12. The summed E-state index contributed by atoms with van der Waals surface area (Å²) in [5.41, 5.74) is 1.82. The summed E-state index contributed by atoms with van der Waals surface area (Å²) in [6.07, 6.45) is 1.77. The van der Waals surface area contributed by atoms with Crippen molar-refractivity contribution >= 4 is 39.7 Å². The quantitative estimate of drug-likeness (QED) is 0.254. The number of benzene rings is 3. The number of rotatable bonds is 10. The second-order valence-electron chi connectivity index (χ2n) is 8.98. The van der Waals surface area contributed by atoms with Crippen LogP contribution in [-0.2, 0) is 17.9 Å². The molecular weight excluding hydrogens is 466 g/mol. The molecule has 4 aromatic rings. The van der Waals surface area contributed by atoms with Crippen molar-refractivity contribution < 1.29 is 9.59 Å². The molecule has 0 saturated heterocycles. The van der Waals surface area contributed by atoms with Gasteiger partial charge in [-0.25, -0.2) is 4.79 Å². The number of thiophene rings is 1. The van der Waals surface area contributed by atoms with Gasteiger partial charge in [-0.05, 0) is 42.5 Å². The first-order valence-corrected chi connectivity index (χ1v) is 13.3. The van der Waals surface area contributed by atoms with Gasteiger partial charge in [-0.3, -0.25) is 4.79 Å². The van der Waals surface area contributed by atoms with Crippen LogP contribution in [0.5, 0.6) is 0 Å². The van der Waals surface area contributed by atoms with Gasteiger partial charge >= 0.3 is 6.03 Å². The molecule has 0 atom stereocenters. The summed E-state index contributed by atoms with van der Waals surface area (Å²) in [4.78, 5) is 32.8. The van der Waals surface area contributed by atoms with E-state index < -0.39 is 0 Å². The first-order chi connectivity index (χ1) is 17.5. The van der Waals surface area contributed by atoms with Crippen molar-refractivity contribution in [3.8, 4) is 0 Å². The minimum atomic E-state index is -0.250. The predicted molar refractivity (Wildman–Crippen MR) is 149 cm³/mol. The Hall–Kier alpha value is -3.64. The van der Waals surface area contributed by atoms with Gasteiger partial charge in [-0.15, -0.1) is 11.3 Å². The summed E-state index contributed by atoms with van der Waals surface area (Å²) < 4.78 is 0. The molecule has 4 rings (SSSR count). The Kier molecular flexibility index (Phi) is 8.74. The number of hydrogen-bond donors (Lipinski definition) is 1. The van der Waals surface area contributed by atoms with Crippen molar-refractivity contribution in [1.82, 2.24) is 9.80 Å². The van der Waals surface area contributed by atoms with Gasteiger partial charge in [0.2, 0.25) is 5.91 Å². The normalized spacial score (nSPS) is 10.8. The van der Waals surface area contributed by atoms with Crippen LogP contribution in [0.2, 0.25) is 0 Å². The number of nitrogens with zero attached hydrogens (tertiary/aromatic N) is 2. The van der Waals surface area contributed by atoms with Crippen LogP contribution in [0.1, 0.15) is 35.1 Å². The first kappa shape index (κ1) is 25.5. The fraction of sp³-hybridized carbons (Fsp3) is 0.267. The van der Waals surface area contributed by atoms with Gasteiger partial charge in [-0.1, -0.05) is 80.1 Å². The molecule has 0 aliphatic heterocycles. The Labute approximate surface area is 217 Å². The Morgan fingerprint density at radius 1 is 0.833 bits per heavy atom. The highest BCUT2D eigenvalue weighted by molar-refractivity contribution is 7.11. The van der Waals surface area contributed by atoms with Crippen LogP contribution in [0.25, 0.3) is 10.8 Å². The maximum absolute atomic E-state index is 13.6. The summed E-state index contributed by atoms with van der Waals surface area (Å²) in [7, 11) is 0. The minimum Gasteiger partial charge on any atom is -0.332 e. The summed E-state index contributed by atoms with van der Waals surface area (Å²) in [5.74, 6) is -0.0610. The number of anilines is 1. The van der Waals surface area contributed by atoms with Gasteiger partial charge in [0, 0.05) is 28.2 Å². The molecule has 186 valence electrons. The van der Waals surface area contributed by atoms with E-state index in [1.807, 2.05) is 77.7 Å². The summed E-state index contributed by atoms with van der Waals surface area (Å²) in [5, 5.41) is 5.10.